The molecule has 0 saturated carbocycles. The van der Waals surface area contributed by atoms with Gasteiger partial charge in [0.1, 0.15) is 0 Å². The molecule has 0 bridgehead atoms. The number of benzene rings is 1. The molecule has 0 saturated heterocycles. The summed E-state index contributed by atoms with van der Waals surface area (Å²) in [5.74, 6) is 0.136. The minimum absolute atomic E-state index is 0.136. The van der Waals surface area contributed by atoms with Gasteiger partial charge in [0.15, 0.2) is 9.84 Å². The smallest absolute Gasteiger partial charge is 0.157 e. The molecule has 1 aromatic rings. The Morgan fingerprint density at radius 2 is 1.67 bits per heavy atom. The molecule has 1 N–H and O–H groups in total. The Labute approximate surface area is 130 Å². The fraction of sp³-hybridized carbons (Fsp3) is 0.647. The van der Waals surface area contributed by atoms with Crippen LogP contribution in [0.3, 0.4) is 0 Å². The Bertz CT molecular complexity index is 527. The summed E-state index contributed by atoms with van der Waals surface area (Å²) in [4.78, 5) is 0. The first-order valence-electron chi connectivity index (χ1n) is 7.75. The van der Waals surface area contributed by atoms with E-state index in [1.165, 1.54) is 5.56 Å². The molecule has 4 heteroatoms. The minimum Gasteiger partial charge on any atom is -0.309 e. The summed E-state index contributed by atoms with van der Waals surface area (Å²) in [6.45, 7) is 10.2. The minimum atomic E-state index is -3.15. The van der Waals surface area contributed by atoms with Crippen LogP contribution in [0.15, 0.2) is 24.3 Å². The number of nitrogens with one attached hydrogen (secondary N) is 1. The zero-order chi connectivity index (χ0) is 16.1. The van der Waals surface area contributed by atoms with Gasteiger partial charge in [-0.25, -0.2) is 8.42 Å². The van der Waals surface area contributed by atoms with Gasteiger partial charge in [-0.1, -0.05) is 44.5 Å². The topological polar surface area (TPSA) is 46.2 Å². The molecule has 120 valence electrons. The van der Waals surface area contributed by atoms with Crippen molar-refractivity contribution in [3.63, 3.8) is 0 Å². The van der Waals surface area contributed by atoms with Gasteiger partial charge in [-0.3, -0.25) is 0 Å². The van der Waals surface area contributed by atoms with Crippen LogP contribution in [-0.4, -0.2) is 25.5 Å². The molecule has 21 heavy (non-hydrogen) atoms. The normalized spacial score (nSPS) is 14.1. The Kier molecular flexibility index (Phi) is 6.41. The zero-order valence-electron chi connectivity index (χ0n) is 13.9. The van der Waals surface area contributed by atoms with Crippen molar-refractivity contribution < 1.29 is 8.42 Å². The second-order valence-corrected chi connectivity index (χ2v) is 9.28. The van der Waals surface area contributed by atoms with E-state index in [1.54, 1.807) is 20.8 Å². The van der Waals surface area contributed by atoms with E-state index in [1.807, 2.05) is 6.92 Å². The SMILES string of the molecule is CCCc1ccc(C(CS(=O)(=O)C(C)(C)C)NCC)cc1. The average Bonchev–Trinajstić information content (AvgIpc) is 2.38. The van der Waals surface area contributed by atoms with Crippen LogP contribution in [0.5, 0.6) is 0 Å². The van der Waals surface area contributed by atoms with Crippen LogP contribution >= 0.6 is 0 Å². The molecule has 0 radical (unpaired) electrons. The van der Waals surface area contributed by atoms with Gasteiger partial charge in [-0.2, -0.15) is 0 Å². The van der Waals surface area contributed by atoms with Gasteiger partial charge in [0, 0.05) is 6.04 Å². The lowest BCUT2D eigenvalue weighted by Crippen LogP contribution is -2.36. The van der Waals surface area contributed by atoms with Gasteiger partial charge >= 0.3 is 0 Å². The Hall–Kier alpha value is -0.870. The molecular formula is C17H29NO2S. The molecule has 0 aliphatic rings. The van der Waals surface area contributed by atoms with Gasteiger partial charge in [0.05, 0.1) is 10.5 Å². The van der Waals surface area contributed by atoms with Gasteiger partial charge in [-0.15, -0.1) is 0 Å². The van der Waals surface area contributed by atoms with Crippen LogP contribution in [-0.2, 0) is 16.3 Å². The third-order valence-corrected chi connectivity index (χ3v) is 6.33. The first kappa shape index (κ1) is 18.2. The van der Waals surface area contributed by atoms with Crippen molar-refractivity contribution >= 4 is 9.84 Å². The molecule has 0 heterocycles. The Morgan fingerprint density at radius 3 is 2.10 bits per heavy atom. The zero-order valence-corrected chi connectivity index (χ0v) is 14.8. The summed E-state index contributed by atoms with van der Waals surface area (Å²) < 4.78 is 24.2. The molecule has 0 amide bonds. The van der Waals surface area contributed by atoms with E-state index in [9.17, 15) is 8.42 Å². The lowest BCUT2D eigenvalue weighted by atomic mass is 10.0. The van der Waals surface area contributed by atoms with Crippen LogP contribution in [0.2, 0.25) is 0 Å². The van der Waals surface area contributed by atoms with Crippen LogP contribution in [0.4, 0.5) is 0 Å². The van der Waals surface area contributed by atoms with Crippen molar-refractivity contribution in [2.24, 2.45) is 0 Å². The van der Waals surface area contributed by atoms with Crippen molar-refractivity contribution in [2.45, 2.75) is 58.2 Å². The summed E-state index contributed by atoms with van der Waals surface area (Å²) in [5.41, 5.74) is 2.35. The highest BCUT2D eigenvalue weighted by atomic mass is 32.2. The maximum Gasteiger partial charge on any atom is 0.157 e. The van der Waals surface area contributed by atoms with Crippen molar-refractivity contribution in [3.05, 3.63) is 35.4 Å². The van der Waals surface area contributed by atoms with E-state index in [0.29, 0.717) is 0 Å². The van der Waals surface area contributed by atoms with E-state index in [4.69, 9.17) is 0 Å². The van der Waals surface area contributed by atoms with Gasteiger partial charge < -0.3 is 5.32 Å². The van der Waals surface area contributed by atoms with Gasteiger partial charge in [-0.05, 0) is 44.9 Å². The molecular weight excluding hydrogens is 282 g/mol. The van der Waals surface area contributed by atoms with Crippen LogP contribution in [0.25, 0.3) is 0 Å². The van der Waals surface area contributed by atoms with Crippen molar-refractivity contribution in [2.75, 3.05) is 12.3 Å². The molecule has 0 aromatic heterocycles. The third kappa shape index (κ3) is 5.11. The predicted molar refractivity (Wildman–Crippen MR) is 90.4 cm³/mol. The monoisotopic (exact) mass is 311 g/mol. The van der Waals surface area contributed by atoms with Crippen LogP contribution < -0.4 is 5.32 Å². The summed E-state index contributed by atoms with van der Waals surface area (Å²) in [6, 6.07) is 8.17. The fourth-order valence-corrected chi connectivity index (χ4v) is 3.44. The first-order valence-corrected chi connectivity index (χ1v) is 9.41. The number of hydrogen-bond acceptors (Lipinski definition) is 3. The number of sulfone groups is 1. The molecule has 0 fully saturated rings. The average molecular weight is 311 g/mol. The molecule has 1 rings (SSSR count). The largest absolute Gasteiger partial charge is 0.309 e. The lowest BCUT2D eigenvalue weighted by molar-refractivity contribution is 0.533. The summed E-state index contributed by atoms with van der Waals surface area (Å²) >= 11 is 0. The molecule has 1 atom stereocenters. The quantitative estimate of drug-likeness (QED) is 0.838. The second-order valence-electron chi connectivity index (χ2n) is 6.50. The first-order chi connectivity index (χ1) is 9.71. The van der Waals surface area contributed by atoms with Crippen LogP contribution in [0.1, 0.15) is 58.2 Å². The van der Waals surface area contributed by atoms with E-state index in [2.05, 4.69) is 36.5 Å². The predicted octanol–water partition coefficient (Wildman–Crippen LogP) is 3.50. The maximum atomic E-state index is 12.4. The molecule has 0 aliphatic heterocycles. The van der Waals surface area contributed by atoms with Gasteiger partial charge in [0.2, 0.25) is 0 Å². The summed E-state index contributed by atoms with van der Waals surface area (Å²) in [5, 5.41) is 3.30. The highest BCUT2D eigenvalue weighted by Gasteiger charge is 2.31. The summed E-state index contributed by atoms with van der Waals surface area (Å²) in [7, 11) is -3.15. The summed E-state index contributed by atoms with van der Waals surface area (Å²) in [6.07, 6.45) is 2.18. The Balaban J connectivity index is 2.96. The van der Waals surface area contributed by atoms with Crippen molar-refractivity contribution in [1.29, 1.82) is 0 Å². The molecule has 0 aliphatic carbocycles. The highest BCUT2D eigenvalue weighted by Crippen LogP contribution is 2.23. The molecule has 0 spiro atoms. The van der Waals surface area contributed by atoms with Crippen molar-refractivity contribution in [3.8, 4) is 0 Å². The van der Waals surface area contributed by atoms with Crippen LogP contribution in [0, 0.1) is 0 Å². The number of aryl methyl sites for hydroxylation is 1. The van der Waals surface area contributed by atoms with Gasteiger partial charge in [0.25, 0.3) is 0 Å². The standard InChI is InChI=1S/C17H29NO2S/c1-6-8-14-9-11-15(12-10-14)16(18-7-2)13-21(19,20)17(3,4)5/h9-12,16,18H,6-8,13H2,1-5H3. The van der Waals surface area contributed by atoms with E-state index >= 15 is 0 Å². The number of hydrogen-bond donors (Lipinski definition) is 1. The molecule has 3 nitrogen and oxygen atoms in total. The fourth-order valence-electron chi connectivity index (χ4n) is 2.19. The van der Waals surface area contributed by atoms with E-state index < -0.39 is 14.6 Å². The van der Waals surface area contributed by atoms with Crippen molar-refractivity contribution in [1.82, 2.24) is 5.32 Å². The van der Waals surface area contributed by atoms with E-state index in [-0.39, 0.29) is 11.8 Å². The lowest BCUT2D eigenvalue weighted by Gasteiger charge is -2.25. The third-order valence-electron chi connectivity index (χ3n) is 3.69. The van der Waals surface area contributed by atoms with E-state index in [0.717, 1.165) is 24.9 Å². The Morgan fingerprint density at radius 1 is 1.10 bits per heavy atom. The highest BCUT2D eigenvalue weighted by molar-refractivity contribution is 7.92. The molecule has 1 aromatic carbocycles. The molecule has 1 unspecified atom stereocenters. The maximum absolute atomic E-state index is 12.4. The number of rotatable bonds is 7. The second kappa shape index (κ2) is 7.41.